The normalized spacial score (nSPS) is 18.7. The van der Waals surface area contributed by atoms with E-state index in [0.29, 0.717) is 11.8 Å². The van der Waals surface area contributed by atoms with Gasteiger partial charge < -0.3 is 10.6 Å². The number of alkyl halides is 3. The lowest BCUT2D eigenvalue weighted by molar-refractivity contribution is -0.138. The number of rotatable bonds is 5. The lowest BCUT2D eigenvalue weighted by atomic mass is 10.2. The molecule has 0 spiro atoms. The van der Waals surface area contributed by atoms with Gasteiger partial charge in [0.15, 0.2) is 0 Å². The van der Waals surface area contributed by atoms with E-state index in [1.807, 2.05) is 6.92 Å². The standard InChI is InChI=1S/C20H20F3N7O/c1-12-10-25-19(29-28-12)27-14-5-4-13(9-14)26-17-7-6-15(11-24-17)30-8-2-3-16(18(30)31)20(21,22)23/h2-3,6-8,10-11,13-14H,4-5,9H2,1H3,(H,24,26)(H,25,27,29)/t13-,14-/m0/s1. The largest absolute Gasteiger partial charge is 0.421 e. The van der Waals surface area contributed by atoms with Crippen LogP contribution in [-0.2, 0) is 6.18 Å². The highest BCUT2D eigenvalue weighted by molar-refractivity contribution is 5.42. The second-order valence-electron chi connectivity index (χ2n) is 7.42. The number of aryl methyl sites for hydroxylation is 1. The Labute approximate surface area is 175 Å². The van der Waals surface area contributed by atoms with Crippen LogP contribution in [0.2, 0.25) is 0 Å². The van der Waals surface area contributed by atoms with Gasteiger partial charge in [0.2, 0.25) is 5.95 Å². The van der Waals surface area contributed by atoms with Gasteiger partial charge in [0, 0.05) is 18.3 Å². The molecule has 0 bridgehead atoms. The molecule has 3 aromatic rings. The summed E-state index contributed by atoms with van der Waals surface area (Å²) in [6.45, 7) is 1.82. The van der Waals surface area contributed by atoms with Crippen molar-refractivity contribution < 1.29 is 13.2 Å². The van der Waals surface area contributed by atoms with Crippen molar-refractivity contribution in [3.05, 3.63) is 64.5 Å². The van der Waals surface area contributed by atoms with Crippen LogP contribution in [0, 0.1) is 6.92 Å². The molecule has 4 rings (SSSR count). The predicted molar refractivity (Wildman–Crippen MR) is 108 cm³/mol. The number of aromatic nitrogens is 5. The molecule has 11 heteroatoms. The summed E-state index contributed by atoms with van der Waals surface area (Å²) >= 11 is 0. The maximum absolute atomic E-state index is 13.0. The maximum Gasteiger partial charge on any atom is 0.421 e. The summed E-state index contributed by atoms with van der Waals surface area (Å²) in [5.41, 5.74) is -1.33. The minimum atomic E-state index is -4.71. The first-order valence-electron chi connectivity index (χ1n) is 9.74. The van der Waals surface area contributed by atoms with Crippen LogP contribution < -0.4 is 16.2 Å². The van der Waals surface area contributed by atoms with Gasteiger partial charge in [-0.25, -0.2) is 9.97 Å². The maximum atomic E-state index is 13.0. The average Bonchev–Trinajstić information content (AvgIpc) is 3.16. The fourth-order valence-electron chi connectivity index (χ4n) is 3.56. The van der Waals surface area contributed by atoms with Crippen molar-refractivity contribution in [1.29, 1.82) is 0 Å². The van der Waals surface area contributed by atoms with Gasteiger partial charge in [0.05, 0.1) is 23.8 Å². The summed E-state index contributed by atoms with van der Waals surface area (Å²) in [5.74, 6) is 1.08. The van der Waals surface area contributed by atoms with Crippen molar-refractivity contribution in [2.45, 2.75) is 44.4 Å². The van der Waals surface area contributed by atoms with E-state index < -0.39 is 17.3 Å². The zero-order valence-electron chi connectivity index (χ0n) is 16.6. The summed E-state index contributed by atoms with van der Waals surface area (Å²) in [7, 11) is 0. The number of nitrogens with one attached hydrogen (secondary N) is 2. The van der Waals surface area contributed by atoms with E-state index in [4.69, 9.17) is 0 Å². The van der Waals surface area contributed by atoms with Crippen LogP contribution >= 0.6 is 0 Å². The van der Waals surface area contributed by atoms with E-state index in [1.54, 1.807) is 18.3 Å². The SMILES string of the molecule is Cc1cnc(N[C@H]2CC[C@H](Nc3ccc(-n4cccc(C(F)(F)F)c4=O)cn3)C2)nn1. The monoisotopic (exact) mass is 431 g/mol. The minimum absolute atomic E-state index is 0.172. The molecule has 2 atom stereocenters. The summed E-state index contributed by atoms with van der Waals surface area (Å²) in [6.07, 6.45) is 2.27. The molecule has 0 unspecified atom stereocenters. The zero-order valence-corrected chi connectivity index (χ0v) is 16.6. The number of halogens is 3. The van der Waals surface area contributed by atoms with Crippen molar-refractivity contribution in [2.75, 3.05) is 10.6 Å². The van der Waals surface area contributed by atoms with Crippen molar-refractivity contribution >= 4 is 11.8 Å². The summed E-state index contributed by atoms with van der Waals surface area (Å²) in [6, 6.07) is 5.54. The minimum Gasteiger partial charge on any atom is -0.367 e. The molecule has 31 heavy (non-hydrogen) atoms. The summed E-state index contributed by atoms with van der Waals surface area (Å²) in [5, 5.41) is 14.6. The first-order chi connectivity index (χ1) is 14.8. The molecule has 1 aliphatic carbocycles. The van der Waals surface area contributed by atoms with Crippen LogP contribution in [0.3, 0.4) is 0 Å². The molecular weight excluding hydrogens is 411 g/mol. The van der Waals surface area contributed by atoms with Gasteiger partial charge in [-0.05, 0) is 50.5 Å². The first-order valence-corrected chi connectivity index (χ1v) is 9.74. The Bertz CT molecular complexity index is 1100. The molecule has 3 aromatic heterocycles. The Kier molecular flexibility index (Phi) is 5.57. The molecule has 1 aliphatic rings. The van der Waals surface area contributed by atoms with E-state index in [1.165, 1.54) is 18.5 Å². The third kappa shape index (κ3) is 4.81. The lowest BCUT2D eigenvalue weighted by Gasteiger charge is -2.15. The number of hydrogen-bond acceptors (Lipinski definition) is 7. The Morgan fingerprint density at radius 1 is 1.03 bits per heavy atom. The molecule has 2 N–H and O–H groups in total. The summed E-state index contributed by atoms with van der Waals surface area (Å²) in [4.78, 5) is 20.6. The molecule has 3 heterocycles. The Morgan fingerprint density at radius 2 is 1.81 bits per heavy atom. The van der Waals surface area contributed by atoms with E-state index in [9.17, 15) is 18.0 Å². The molecular formula is C20H20F3N7O. The number of anilines is 2. The van der Waals surface area contributed by atoms with E-state index in [2.05, 4.69) is 30.8 Å². The van der Waals surface area contributed by atoms with Crippen LogP contribution in [-0.4, -0.2) is 36.8 Å². The highest BCUT2D eigenvalue weighted by Gasteiger charge is 2.34. The molecule has 0 aliphatic heterocycles. The second-order valence-corrected chi connectivity index (χ2v) is 7.42. The second kappa shape index (κ2) is 8.32. The van der Waals surface area contributed by atoms with Crippen molar-refractivity contribution in [1.82, 2.24) is 24.7 Å². The third-order valence-corrected chi connectivity index (χ3v) is 5.07. The Hall–Kier alpha value is -3.50. The van der Waals surface area contributed by atoms with Gasteiger partial charge in [0.1, 0.15) is 11.4 Å². The van der Waals surface area contributed by atoms with E-state index >= 15 is 0 Å². The quantitative estimate of drug-likeness (QED) is 0.640. The third-order valence-electron chi connectivity index (χ3n) is 5.07. The van der Waals surface area contributed by atoms with Crippen LogP contribution in [0.5, 0.6) is 0 Å². The molecule has 8 nitrogen and oxygen atoms in total. The van der Waals surface area contributed by atoms with Gasteiger partial charge in [0.25, 0.3) is 5.56 Å². The highest BCUT2D eigenvalue weighted by atomic mass is 19.4. The molecule has 1 saturated carbocycles. The van der Waals surface area contributed by atoms with Crippen LogP contribution in [0.25, 0.3) is 5.69 Å². The predicted octanol–water partition coefficient (Wildman–Crippen LogP) is 3.19. The molecule has 0 aromatic carbocycles. The lowest BCUT2D eigenvalue weighted by Crippen LogP contribution is -2.27. The Morgan fingerprint density at radius 3 is 2.45 bits per heavy atom. The topological polar surface area (TPSA) is 97.6 Å². The fourth-order valence-corrected chi connectivity index (χ4v) is 3.56. The number of nitrogens with zero attached hydrogens (tertiary/aromatic N) is 5. The van der Waals surface area contributed by atoms with E-state index in [0.717, 1.165) is 35.6 Å². The van der Waals surface area contributed by atoms with Gasteiger partial charge in [-0.2, -0.15) is 18.3 Å². The van der Waals surface area contributed by atoms with Gasteiger partial charge in [-0.1, -0.05) is 0 Å². The highest BCUT2D eigenvalue weighted by Crippen LogP contribution is 2.27. The van der Waals surface area contributed by atoms with Gasteiger partial charge in [-0.3, -0.25) is 9.36 Å². The number of hydrogen-bond donors (Lipinski definition) is 2. The first kappa shape index (κ1) is 20.8. The van der Waals surface area contributed by atoms with Crippen molar-refractivity contribution in [3.8, 4) is 5.69 Å². The molecule has 0 saturated heterocycles. The molecule has 162 valence electrons. The average molecular weight is 431 g/mol. The van der Waals surface area contributed by atoms with E-state index in [-0.39, 0.29) is 17.8 Å². The van der Waals surface area contributed by atoms with Crippen LogP contribution in [0.15, 0.2) is 47.7 Å². The molecule has 0 amide bonds. The Balaban J connectivity index is 1.40. The molecule has 1 fully saturated rings. The van der Waals surface area contributed by atoms with Crippen LogP contribution in [0.1, 0.15) is 30.5 Å². The smallest absolute Gasteiger partial charge is 0.367 e. The van der Waals surface area contributed by atoms with Crippen LogP contribution in [0.4, 0.5) is 24.9 Å². The number of pyridine rings is 2. The van der Waals surface area contributed by atoms with Crippen molar-refractivity contribution in [3.63, 3.8) is 0 Å². The zero-order chi connectivity index (χ0) is 22.0. The van der Waals surface area contributed by atoms with Gasteiger partial charge in [-0.15, -0.1) is 5.10 Å². The summed E-state index contributed by atoms with van der Waals surface area (Å²) < 4.78 is 39.8. The molecule has 0 radical (unpaired) electrons. The van der Waals surface area contributed by atoms with Crippen molar-refractivity contribution in [2.24, 2.45) is 0 Å². The fraction of sp³-hybridized carbons (Fsp3) is 0.350. The van der Waals surface area contributed by atoms with Gasteiger partial charge >= 0.3 is 6.18 Å².